The van der Waals surface area contributed by atoms with E-state index in [2.05, 4.69) is 25.0 Å². The number of aromatic amines is 1. The third-order valence-corrected chi connectivity index (χ3v) is 9.01. The van der Waals surface area contributed by atoms with E-state index in [9.17, 15) is 43.1 Å². The molecule has 1 aliphatic rings. The standard InChI is InChI=1S/C11H18FN2O14P3S/c1-10(17)8(14-3-2-7(15)13-9(14)16)26-6(11(10,18)5-12)4-25-31(24,32)28-30(22,23)27-29(19,20)21/h2-3,6,8,17-18H,4-5H2,1H3,(H,22,23)(H,24,32)(H,13,15,16)(H2,19,20,21)/t6-,8-,10+,11-,31+/m1/s1. The van der Waals surface area contributed by atoms with E-state index in [1.807, 2.05) is 4.98 Å². The quantitative estimate of drug-likeness (QED) is 0.171. The molecule has 0 saturated carbocycles. The first kappa shape index (κ1) is 27.6. The Morgan fingerprint density at radius 3 is 2.34 bits per heavy atom. The van der Waals surface area contributed by atoms with E-state index in [1.165, 1.54) is 0 Å². The van der Waals surface area contributed by atoms with Crippen molar-refractivity contribution in [1.29, 1.82) is 0 Å². The number of phosphoric acid groups is 2. The van der Waals surface area contributed by atoms with Gasteiger partial charge in [-0.25, -0.2) is 22.6 Å². The zero-order valence-electron chi connectivity index (χ0n) is 15.7. The molecule has 16 nitrogen and oxygen atoms in total. The van der Waals surface area contributed by atoms with E-state index in [0.717, 1.165) is 19.2 Å². The molecule has 1 aromatic rings. The molecule has 2 rings (SSSR count). The molecule has 7 N–H and O–H groups in total. The number of halogens is 1. The molecule has 1 unspecified atom stereocenters. The summed E-state index contributed by atoms with van der Waals surface area (Å²) in [5, 5.41) is 21.4. The van der Waals surface area contributed by atoms with Crippen molar-refractivity contribution in [2.45, 2.75) is 30.5 Å². The average Bonchev–Trinajstić information content (AvgIpc) is 2.77. The van der Waals surface area contributed by atoms with E-state index >= 15 is 0 Å². The molecule has 1 saturated heterocycles. The number of H-pyrrole nitrogens is 1. The number of nitrogens with one attached hydrogen (secondary N) is 1. The minimum Gasteiger partial charge on any atom is -0.382 e. The first-order valence-corrected chi connectivity index (χ1v) is 13.7. The van der Waals surface area contributed by atoms with E-state index < -0.39 is 70.4 Å². The Balaban J connectivity index is 2.26. The second kappa shape index (κ2) is 9.17. The van der Waals surface area contributed by atoms with Crippen molar-refractivity contribution in [3.63, 3.8) is 0 Å². The van der Waals surface area contributed by atoms with Crippen molar-refractivity contribution < 1.29 is 61.2 Å². The zero-order chi connectivity index (χ0) is 24.8. The lowest BCUT2D eigenvalue weighted by molar-refractivity contribution is -0.153. The molecule has 2 heterocycles. The van der Waals surface area contributed by atoms with E-state index in [4.69, 9.17) is 14.5 Å². The normalized spacial score (nSPS) is 32.4. The van der Waals surface area contributed by atoms with Gasteiger partial charge < -0.3 is 39.0 Å². The van der Waals surface area contributed by atoms with Crippen molar-refractivity contribution in [1.82, 2.24) is 9.55 Å². The Kier molecular flexibility index (Phi) is 7.90. The summed E-state index contributed by atoms with van der Waals surface area (Å²) in [4.78, 5) is 61.3. The molecule has 1 aliphatic heterocycles. The van der Waals surface area contributed by atoms with Gasteiger partial charge in [-0.2, -0.15) is 4.31 Å². The van der Waals surface area contributed by atoms with Gasteiger partial charge >= 0.3 is 28.1 Å². The first-order valence-electron chi connectivity index (χ1n) is 8.09. The van der Waals surface area contributed by atoms with Gasteiger partial charge in [-0.3, -0.25) is 14.3 Å². The van der Waals surface area contributed by atoms with Crippen molar-refractivity contribution in [2.24, 2.45) is 0 Å². The van der Waals surface area contributed by atoms with Crippen LogP contribution in [0.5, 0.6) is 0 Å². The van der Waals surface area contributed by atoms with Gasteiger partial charge in [-0.1, -0.05) is 0 Å². The van der Waals surface area contributed by atoms with Crippen molar-refractivity contribution in [2.75, 3.05) is 13.3 Å². The van der Waals surface area contributed by atoms with Gasteiger partial charge in [-0.15, -0.1) is 0 Å². The van der Waals surface area contributed by atoms with Crippen molar-refractivity contribution in [3.05, 3.63) is 33.1 Å². The van der Waals surface area contributed by atoms with Crippen LogP contribution in [0, 0.1) is 0 Å². The number of ether oxygens (including phenoxy) is 1. The zero-order valence-corrected chi connectivity index (χ0v) is 19.2. The third kappa shape index (κ3) is 6.05. The van der Waals surface area contributed by atoms with Crippen molar-refractivity contribution >= 4 is 34.2 Å². The molecule has 0 amide bonds. The minimum absolute atomic E-state index is 0.628. The van der Waals surface area contributed by atoms with Crippen molar-refractivity contribution in [3.8, 4) is 0 Å². The monoisotopic (exact) mass is 546 g/mol. The summed E-state index contributed by atoms with van der Waals surface area (Å²) >= 11 is 4.41. The number of aromatic nitrogens is 2. The molecule has 0 spiro atoms. The van der Waals surface area contributed by atoms with Crippen LogP contribution in [0.15, 0.2) is 21.9 Å². The minimum atomic E-state index is -5.63. The summed E-state index contributed by atoms with van der Waals surface area (Å²) in [5.41, 5.74) is -7.22. The van der Waals surface area contributed by atoms with Crippen LogP contribution in [0.25, 0.3) is 0 Å². The van der Waals surface area contributed by atoms with Crippen LogP contribution < -0.4 is 11.2 Å². The summed E-state index contributed by atoms with van der Waals surface area (Å²) < 4.78 is 54.0. The highest BCUT2D eigenvalue weighted by Gasteiger charge is 2.64. The van der Waals surface area contributed by atoms with Gasteiger partial charge in [-0.05, 0) is 18.7 Å². The number of rotatable bonds is 9. The van der Waals surface area contributed by atoms with Crippen LogP contribution in [0.2, 0.25) is 0 Å². The van der Waals surface area contributed by atoms with Crippen LogP contribution in [0.3, 0.4) is 0 Å². The van der Waals surface area contributed by atoms with Crippen LogP contribution in [-0.2, 0) is 38.8 Å². The highest BCUT2D eigenvalue weighted by atomic mass is 32.5. The second-order valence-corrected chi connectivity index (χ2v) is 12.4. The molecular weight excluding hydrogens is 528 g/mol. The molecule has 0 aliphatic carbocycles. The summed E-state index contributed by atoms with van der Waals surface area (Å²) in [5.74, 6) is 0. The maximum absolute atomic E-state index is 13.8. The molecule has 6 atom stereocenters. The summed E-state index contributed by atoms with van der Waals surface area (Å²) in [6.45, 7) is -6.71. The van der Waals surface area contributed by atoms with Crippen LogP contribution >= 0.6 is 22.4 Å². The van der Waals surface area contributed by atoms with E-state index in [-0.39, 0.29) is 0 Å². The molecule has 0 radical (unpaired) electrons. The summed E-state index contributed by atoms with van der Waals surface area (Å²) in [7, 11) is -11.2. The van der Waals surface area contributed by atoms with Gasteiger partial charge in [0, 0.05) is 12.3 Å². The Bertz CT molecular complexity index is 1120. The van der Waals surface area contributed by atoms with E-state index in [0.29, 0.717) is 4.57 Å². The topological polar surface area (TPSA) is 247 Å². The van der Waals surface area contributed by atoms with Gasteiger partial charge in [0.2, 0.25) is 0 Å². The fraction of sp³-hybridized carbons (Fsp3) is 0.636. The van der Waals surface area contributed by atoms with Gasteiger partial charge in [0.1, 0.15) is 18.4 Å². The molecule has 184 valence electrons. The lowest BCUT2D eigenvalue weighted by atomic mass is 9.82. The SMILES string of the molecule is C[C@]1(O)[C@H](n2ccc(=O)[nH]c2=O)O[C@H](CO[P@](O)(=S)OP(=O)(O)OP(=O)(O)O)[C@]1(O)CF. The molecular formula is C11H18FN2O14P3S. The highest BCUT2D eigenvalue weighted by Crippen LogP contribution is 2.66. The van der Waals surface area contributed by atoms with Crippen LogP contribution in [-0.4, -0.2) is 69.9 Å². The summed E-state index contributed by atoms with van der Waals surface area (Å²) in [6.07, 6.45) is -2.78. The fourth-order valence-corrected chi connectivity index (χ4v) is 6.71. The maximum atomic E-state index is 13.8. The lowest BCUT2D eigenvalue weighted by Gasteiger charge is -2.36. The Labute approximate surface area is 182 Å². The lowest BCUT2D eigenvalue weighted by Crippen LogP contribution is -2.59. The molecule has 1 fully saturated rings. The Morgan fingerprint density at radius 2 is 1.84 bits per heavy atom. The van der Waals surface area contributed by atoms with Crippen LogP contribution in [0.4, 0.5) is 4.39 Å². The predicted octanol–water partition coefficient (Wildman–Crippen LogP) is -1.65. The van der Waals surface area contributed by atoms with Gasteiger partial charge in [0.05, 0.1) is 6.61 Å². The Hall–Kier alpha value is -0.680. The molecule has 1 aromatic heterocycles. The van der Waals surface area contributed by atoms with E-state index in [1.54, 1.807) is 0 Å². The number of nitrogens with zero attached hydrogens (tertiary/aromatic N) is 1. The average molecular weight is 546 g/mol. The fourth-order valence-electron chi connectivity index (χ4n) is 2.75. The molecule has 32 heavy (non-hydrogen) atoms. The summed E-state index contributed by atoms with van der Waals surface area (Å²) in [6, 6.07) is 0.875. The first-order chi connectivity index (χ1) is 14.3. The van der Waals surface area contributed by atoms with Crippen LogP contribution in [0.1, 0.15) is 13.2 Å². The van der Waals surface area contributed by atoms with Gasteiger partial charge in [0.25, 0.3) is 5.56 Å². The Morgan fingerprint density at radius 1 is 1.25 bits per heavy atom. The predicted molar refractivity (Wildman–Crippen MR) is 103 cm³/mol. The van der Waals surface area contributed by atoms with Gasteiger partial charge in [0.15, 0.2) is 11.8 Å². The third-order valence-electron chi connectivity index (χ3n) is 4.30. The molecule has 21 heteroatoms. The maximum Gasteiger partial charge on any atom is 0.488 e. The number of aliphatic hydroxyl groups is 2. The highest BCUT2D eigenvalue weighted by molar-refractivity contribution is 8.08. The molecule has 0 bridgehead atoms. The number of hydrogen-bond donors (Lipinski definition) is 7. The number of alkyl halides is 1. The molecule has 0 aromatic carbocycles. The number of hydrogen-bond acceptors (Lipinski definition) is 11. The second-order valence-electron chi connectivity index (χ2n) is 6.59. The largest absolute Gasteiger partial charge is 0.488 e. The smallest absolute Gasteiger partial charge is 0.382 e.